The fourth-order valence-electron chi connectivity index (χ4n) is 0.851. The second kappa shape index (κ2) is 5.87. The third-order valence-corrected chi connectivity index (χ3v) is 2.04. The summed E-state index contributed by atoms with van der Waals surface area (Å²) in [5.74, 6) is 5.91. The van der Waals surface area contributed by atoms with Crippen LogP contribution in [-0.4, -0.2) is 18.6 Å². The Hall–Kier alpha value is -0.750. The largest absolute Gasteiger partial charge is 0.319 e. The van der Waals surface area contributed by atoms with Crippen molar-refractivity contribution >= 4 is 23.2 Å². The van der Waals surface area contributed by atoms with Gasteiger partial charge in [-0.2, -0.15) is 0 Å². The van der Waals surface area contributed by atoms with Crippen molar-refractivity contribution in [1.29, 1.82) is 0 Å². The molecule has 2 nitrogen and oxygen atoms in total. The minimum absolute atomic E-state index is 0.356. The number of nitrogens with zero attached hydrogens (tertiary/aromatic N) is 1. The molecule has 1 aromatic rings. The Morgan fingerprint density at radius 1 is 1.43 bits per heavy atom. The van der Waals surface area contributed by atoms with Gasteiger partial charge in [0, 0.05) is 13.0 Å². The molecule has 1 aromatic heterocycles. The number of pyridine rings is 1. The molecule has 1 N–H and O–H groups in total. The van der Waals surface area contributed by atoms with E-state index in [4.69, 9.17) is 23.2 Å². The van der Waals surface area contributed by atoms with Crippen LogP contribution in [0.15, 0.2) is 12.1 Å². The van der Waals surface area contributed by atoms with Gasteiger partial charge < -0.3 is 5.32 Å². The van der Waals surface area contributed by atoms with Crippen molar-refractivity contribution in [3.8, 4) is 11.8 Å². The summed E-state index contributed by atoms with van der Waals surface area (Å²) < 4.78 is 0. The Labute approximate surface area is 93.6 Å². The van der Waals surface area contributed by atoms with E-state index < -0.39 is 0 Å². The lowest BCUT2D eigenvalue weighted by Crippen LogP contribution is -2.05. The standard InChI is InChI=1S/C10H10Cl2N2/c1-13-7-3-2-4-8-5-6-9(11)14-10(8)12/h5-6,13H,3,7H2,1H3. The molecule has 0 unspecified atom stereocenters. The topological polar surface area (TPSA) is 24.9 Å². The van der Waals surface area contributed by atoms with Gasteiger partial charge in [0.1, 0.15) is 10.3 Å². The molecule has 0 bridgehead atoms. The van der Waals surface area contributed by atoms with Crippen LogP contribution >= 0.6 is 23.2 Å². The van der Waals surface area contributed by atoms with Crippen LogP contribution in [0.3, 0.4) is 0 Å². The summed E-state index contributed by atoms with van der Waals surface area (Å²) in [6.45, 7) is 0.867. The van der Waals surface area contributed by atoms with Gasteiger partial charge in [-0.25, -0.2) is 4.98 Å². The van der Waals surface area contributed by atoms with Crippen molar-refractivity contribution in [3.63, 3.8) is 0 Å². The molecule has 0 atom stereocenters. The van der Waals surface area contributed by atoms with Crippen LogP contribution in [0, 0.1) is 11.8 Å². The fourth-order valence-corrected chi connectivity index (χ4v) is 1.24. The number of rotatable bonds is 2. The van der Waals surface area contributed by atoms with Crippen molar-refractivity contribution < 1.29 is 0 Å². The van der Waals surface area contributed by atoms with E-state index in [2.05, 4.69) is 22.1 Å². The number of halogens is 2. The molecular formula is C10H10Cl2N2. The van der Waals surface area contributed by atoms with Gasteiger partial charge in [0.15, 0.2) is 0 Å². The Balaban J connectivity index is 2.70. The van der Waals surface area contributed by atoms with Gasteiger partial charge in [-0.05, 0) is 19.2 Å². The molecule has 0 amide bonds. The molecule has 0 saturated heterocycles. The van der Waals surface area contributed by atoms with Crippen molar-refractivity contribution in [2.24, 2.45) is 0 Å². The molecule has 0 spiro atoms. The molecule has 0 aromatic carbocycles. The number of aromatic nitrogens is 1. The first-order chi connectivity index (χ1) is 6.74. The van der Waals surface area contributed by atoms with Gasteiger partial charge >= 0.3 is 0 Å². The molecule has 0 aliphatic heterocycles. The van der Waals surface area contributed by atoms with E-state index in [0.29, 0.717) is 15.9 Å². The Morgan fingerprint density at radius 3 is 2.86 bits per heavy atom. The molecule has 0 aliphatic carbocycles. The van der Waals surface area contributed by atoms with Crippen LogP contribution in [-0.2, 0) is 0 Å². The first kappa shape index (κ1) is 11.3. The number of nitrogens with one attached hydrogen (secondary N) is 1. The van der Waals surface area contributed by atoms with E-state index in [-0.39, 0.29) is 0 Å². The smallest absolute Gasteiger partial charge is 0.146 e. The molecule has 74 valence electrons. The molecule has 14 heavy (non-hydrogen) atoms. The predicted molar refractivity (Wildman–Crippen MR) is 59.7 cm³/mol. The van der Waals surface area contributed by atoms with E-state index in [0.717, 1.165) is 13.0 Å². The highest BCUT2D eigenvalue weighted by atomic mass is 35.5. The van der Waals surface area contributed by atoms with E-state index in [1.807, 2.05) is 7.05 Å². The normalized spacial score (nSPS) is 9.36. The molecule has 0 aliphatic rings. The SMILES string of the molecule is CNCCC#Cc1ccc(Cl)nc1Cl. The molecule has 0 saturated carbocycles. The second-order valence-corrected chi connectivity index (χ2v) is 3.37. The highest BCUT2D eigenvalue weighted by Gasteiger charge is 1.98. The van der Waals surface area contributed by atoms with Gasteiger partial charge in [0.25, 0.3) is 0 Å². The van der Waals surface area contributed by atoms with Crippen LogP contribution in [0.5, 0.6) is 0 Å². The fraction of sp³-hybridized carbons (Fsp3) is 0.300. The zero-order valence-corrected chi connectivity index (χ0v) is 9.28. The van der Waals surface area contributed by atoms with Crippen molar-refractivity contribution in [1.82, 2.24) is 10.3 Å². The van der Waals surface area contributed by atoms with Gasteiger partial charge in [0.05, 0.1) is 5.56 Å². The number of hydrogen-bond acceptors (Lipinski definition) is 2. The molecule has 0 radical (unpaired) electrons. The van der Waals surface area contributed by atoms with Gasteiger partial charge in [0.2, 0.25) is 0 Å². The third kappa shape index (κ3) is 3.55. The minimum atomic E-state index is 0.356. The second-order valence-electron chi connectivity index (χ2n) is 2.63. The van der Waals surface area contributed by atoms with Gasteiger partial charge in [-0.1, -0.05) is 35.0 Å². The van der Waals surface area contributed by atoms with Crippen LogP contribution in [0.4, 0.5) is 0 Å². The Bertz CT molecular complexity index is 366. The molecule has 4 heteroatoms. The average molecular weight is 229 g/mol. The maximum atomic E-state index is 5.83. The van der Waals surface area contributed by atoms with Crippen LogP contribution in [0.1, 0.15) is 12.0 Å². The van der Waals surface area contributed by atoms with Crippen molar-refractivity contribution in [2.45, 2.75) is 6.42 Å². The Morgan fingerprint density at radius 2 is 2.21 bits per heavy atom. The summed E-state index contributed by atoms with van der Waals surface area (Å²) >= 11 is 11.5. The molecule has 1 rings (SSSR count). The summed E-state index contributed by atoms with van der Waals surface area (Å²) in [5.41, 5.74) is 0.715. The Kier molecular flexibility index (Phi) is 4.75. The van der Waals surface area contributed by atoms with Crippen molar-refractivity contribution in [2.75, 3.05) is 13.6 Å². The van der Waals surface area contributed by atoms with Gasteiger partial charge in [-0.15, -0.1) is 0 Å². The van der Waals surface area contributed by atoms with E-state index in [1.54, 1.807) is 12.1 Å². The van der Waals surface area contributed by atoms with E-state index >= 15 is 0 Å². The lowest BCUT2D eigenvalue weighted by molar-refractivity contribution is 0.818. The lowest BCUT2D eigenvalue weighted by Gasteiger charge is -1.94. The maximum Gasteiger partial charge on any atom is 0.146 e. The van der Waals surface area contributed by atoms with Crippen LogP contribution < -0.4 is 5.32 Å². The summed E-state index contributed by atoms with van der Waals surface area (Å²) in [5, 5.41) is 3.75. The first-order valence-corrected chi connectivity index (χ1v) is 4.95. The quantitative estimate of drug-likeness (QED) is 0.478. The van der Waals surface area contributed by atoms with Crippen LogP contribution in [0.25, 0.3) is 0 Å². The highest BCUT2D eigenvalue weighted by Crippen LogP contribution is 2.15. The molecule has 1 heterocycles. The van der Waals surface area contributed by atoms with E-state index in [1.165, 1.54) is 0 Å². The minimum Gasteiger partial charge on any atom is -0.319 e. The van der Waals surface area contributed by atoms with E-state index in [9.17, 15) is 0 Å². The molecule has 0 fully saturated rings. The number of hydrogen-bond donors (Lipinski definition) is 1. The summed E-state index contributed by atoms with van der Waals surface area (Å²) in [6.07, 6.45) is 0.787. The summed E-state index contributed by atoms with van der Waals surface area (Å²) in [4.78, 5) is 3.89. The predicted octanol–water partition coefficient (Wildman–Crippen LogP) is 2.35. The molecular weight excluding hydrogens is 219 g/mol. The van der Waals surface area contributed by atoms with Crippen LogP contribution in [0.2, 0.25) is 10.3 Å². The third-order valence-electron chi connectivity index (χ3n) is 1.54. The zero-order valence-electron chi connectivity index (χ0n) is 7.77. The van der Waals surface area contributed by atoms with Gasteiger partial charge in [-0.3, -0.25) is 0 Å². The first-order valence-electron chi connectivity index (χ1n) is 4.19. The van der Waals surface area contributed by atoms with Crippen molar-refractivity contribution in [3.05, 3.63) is 28.0 Å². The summed E-state index contributed by atoms with van der Waals surface area (Å²) in [7, 11) is 1.89. The zero-order chi connectivity index (χ0) is 10.4. The highest BCUT2D eigenvalue weighted by molar-refractivity contribution is 6.33. The lowest BCUT2D eigenvalue weighted by atomic mass is 10.3. The summed E-state index contributed by atoms with van der Waals surface area (Å²) in [6, 6.07) is 3.44. The monoisotopic (exact) mass is 228 g/mol. The average Bonchev–Trinajstić information content (AvgIpc) is 2.15. The maximum absolute atomic E-state index is 5.83.